The summed E-state index contributed by atoms with van der Waals surface area (Å²) in [5.74, 6) is 1.05. The molecule has 3 aliphatic heterocycles. The summed E-state index contributed by atoms with van der Waals surface area (Å²) in [5, 5.41) is 3.03. The molecule has 0 aromatic heterocycles. The second-order valence-electron chi connectivity index (χ2n) is 7.62. The van der Waals surface area contributed by atoms with Gasteiger partial charge >= 0.3 is 6.09 Å². The molecule has 3 saturated heterocycles. The van der Waals surface area contributed by atoms with Crippen LogP contribution in [0.25, 0.3) is 0 Å². The molecule has 3 heterocycles. The number of alkyl carbamates (subject to hydrolysis) is 1. The molecule has 0 saturated carbocycles. The highest BCUT2D eigenvalue weighted by Gasteiger charge is 2.36. The van der Waals surface area contributed by atoms with E-state index < -0.39 is 6.09 Å². The van der Waals surface area contributed by atoms with Crippen LogP contribution in [0.1, 0.15) is 30.0 Å². The van der Waals surface area contributed by atoms with E-state index in [1.54, 1.807) is 6.07 Å². The van der Waals surface area contributed by atoms with Crippen LogP contribution in [0.15, 0.2) is 54.6 Å². The Balaban J connectivity index is 1.50. The Morgan fingerprint density at radius 3 is 2.55 bits per heavy atom. The van der Waals surface area contributed by atoms with Gasteiger partial charge in [-0.3, -0.25) is 9.69 Å². The Kier molecular flexibility index (Phi) is 6.10. The number of hydrogen-bond acceptors (Lipinski definition) is 5. The van der Waals surface area contributed by atoms with Gasteiger partial charge in [-0.25, -0.2) is 4.79 Å². The van der Waals surface area contributed by atoms with Crippen LogP contribution in [-0.2, 0) is 9.53 Å². The lowest BCUT2D eigenvalue weighted by molar-refractivity contribution is -0.109. The van der Waals surface area contributed by atoms with E-state index in [1.165, 1.54) is 0 Å². The number of aldehydes is 1. The summed E-state index contributed by atoms with van der Waals surface area (Å²) < 4.78 is 11.2. The second kappa shape index (κ2) is 9.09. The number of fused-ring (bicyclic) bond motifs is 3. The fourth-order valence-corrected chi connectivity index (χ4v) is 4.25. The fraction of sp³-hybridized carbons (Fsp3) is 0.391. The molecule has 3 fully saturated rings. The Labute approximate surface area is 170 Å². The number of carbonyl (C=O) groups excluding carboxylic acids is 2. The van der Waals surface area contributed by atoms with E-state index >= 15 is 0 Å². The van der Waals surface area contributed by atoms with Crippen LogP contribution in [0.4, 0.5) is 4.79 Å². The second-order valence-corrected chi connectivity index (χ2v) is 7.62. The highest BCUT2D eigenvalue weighted by atomic mass is 16.6. The molecule has 3 aliphatic rings. The van der Waals surface area contributed by atoms with Crippen molar-refractivity contribution in [2.45, 2.75) is 25.0 Å². The average Bonchev–Trinajstić information content (AvgIpc) is 2.78. The van der Waals surface area contributed by atoms with Crippen molar-refractivity contribution in [2.24, 2.45) is 5.92 Å². The largest absolute Gasteiger partial charge is 0.486 e. The van der Waals surface area contributed by atoms with Crippen LogP contribution in [0.2, 0.25) is 0 Å². The molecule has 152 valence electrons. The molecule has 6 nitrogen and oxygen atoms in total. The van der Waals surface area contributed by atoms with Gasteiger partial charge in [0.25, 0.3) is 0 Å². The van der Waals surface area contributed by atoms with Gasteiger partial charge < -0.3 is 14.8 Å². The third kappa shape index (κ3) is 4.77. The summed E-state index contributed by atoms with van der Waals surface area (Å²) in [5.41, 5.74) is 1.82. The van der Waals surface area contributed by atoms with Crippen LogP contribution in [-0.4, -0.2) is 49.6 Å². The van der Waals surface area contributed by atoms with Crippen molar-refractivity contribution in [3.63, 3.8) is 0 Å². The standard InChI is InChI=1S/C23H26N2O4/c26-13-14-28-20-8-4-7-19(15-20)22(18-5-2-1-3-6-18)24-23(27)29-21-16-25-11-9-17(21)10-12-25/h1-8,13,15,17,21-22H,9-12,14,16H2,(H,24,27)/t21-,22?/m0/s1. The smallest absolute Gasteiger partial charge is 0.408 e. The quantitative estimate of drug-likeness (QED) is 0.731. The third-order valence-corrected chi connectivity index (χ3v) is 5.76. The van der Waals surface area contributed by atoms with Gasteiger partial charge in [0, 0.05) is 6.54 Å². The molecular formula is C23H26N2O4. The van der Waals surface area contributed by atoms with E-state index in [0.717, 1.165) is 43.6 Å². The Hall–Kier alpha value is -2.86. The van der Waals surface area contributed by atoms with E-state index in [2.05, 4.69) is 10.2 Å². The summed E-state index contributed by atoms with van der Waals surface area (Å²) in [6, 6.07) is 16.8. The molecule has 0 radical (unpaired) electrons. The van der Waals surface area contributed by atoms with Gasteiger partial charge in [0.15, 0.2) is 6.29 Å². The van der Waals surface area contributed by atoms with Crippen molar-refractivity contribution in [3.05, 3.63) is 65.7 Å². The normalized spacial score (nSPS) is 23.8. The minimum atomic E-state index is -0.406. The number of benzene rings is 2. The van der Waals surface area contributed by atoms with Crippen LogP contribution in [0.5, 0.6) is 5.75 Å². The zero-order valence-corrected chi connectivity index (χ0v) is 16.3. The van der Waals surface area contributed by atoms with E-state index in [1.807, 2.05) is 48.5 Å². The van der Waals surface area contributed by atoms with Crippen LogP contribution in [0, 0.1) is 5.92 Å². The highest BCUT2D eigenvalue weighted by molar-refractivity contribution is 5.69. The van der Waals surface area contributed by atoms with E-state index in [4.69, 9.17) is 9.47 Å². The zero-order chi connectivity index (χ0) is 20.1. The first kappa shape index (κ1) is 19.5. The van der Waals surface area contributed by atoms with Gasteiger partial charge in [-0.05, 0) is 55.1 Å². The monoisotopic (exact) mass is 394 g/mol. The number of hydrogen-bond donors (Lipinski definition) is 1. The number of amides is 1. The first-order valence-electron chi connectivity index (χ1n) is 10.1. The molecule has 1 amide bonds. The first-order valence-corrected chi connectivity index (χ1v) is 10.1. The average molecular weight is 394 g/mol. The minimum Gasteiger partial charge on any atom is -0.486 e. The first-order chi connectivity index (χ1) is 14.2. The summed E-state index contributed by atoms with van der Waals surface area (Å²) >= 11 is 0. The molecule has 2 bridgehead atoms. The minimum absolute atomic E-state index is 0.00546. The number of nitrogens with one attached hydrogen (secondary N) is 1. The van der Waals surface area contributed by atoms with Crippen molar-refractivity contribution in [2.75, 3.05) is 26.2 Å². The van der Waals surface area contributed by atoms with Crippen molar-refractivity contribution in [3.8, 4) is 5.75 Å². The summed E-state index contributed by atoms with van der Waals surface area (Å²) in [4.78, 5) is 25.7. The lowest BCUT2D eigenvalue weighted by Crippen LogP contribution is -2.52. The lowest BCUT2D eigenvalue weighted by atomic mass is 9.86. The molecule has 0 aliphatic carbocycles. The lowest BCUT2D eigenvalue weighted by Gasteiger charge is -2.43. The number of piperidine rings is 3. The number of carbonyl (C=O) groups is 2. The van der Waals surface area contributed by atoms with E-state index in [0.29, 0.717) is 18.0 Å². The van der Waals surface area contributed by atoms with Crippen LogP contribution < -0.4 is 10.1 Å². The Morgan fingerprint density at radius 1 is 1.10 bits per heavy atom. The molecule has 6 heteroatoms. The molecular weight excluding hydrogens is 368 g/mol. The Morgan fingerprint density at radius 2 is 1.86 bits per heavy atom. The number of ether oxygens (including phenoxy) is 2. The van der Waals surface area contributed by atoms with Gasteiger partial charge in [-0.15, -0.1) is 0 Å². The molecule has 1 N–H and O–H groups in total. The summed E-state index contributed by atoms with van der Waals surface area (Å²) in [6.07, 6.45) is 2.45. The highest BCUT2D eigenvalue weighted by Crippen LogP contribution is 2.30. The van der Waals surface area contributed by atoms with Crippen molar-refractivity contribution < 1.29 is 19.1 Å². The Bertz CT molecular complexity index is 834. The summed E-state index contributed by atoms with van der Waals surface area (Å²) in [7, 11) is 0. The predicted octanol–water partition coefficient (Wildman–Crippen LogP) is 3.17. The van der Waals surface area contributed by atoms with Crippen LogP contribution >= 0.6 is 0 Å². The van der Waals surface area contributed by atoms with Gasteiger partial charge in [0.2, 0.25) is 0 Å². The SMILES string of the molecule is O=CCOc1cccc(C(NC(=O)O[C@H]2CN3CCC2CC3)c2ccccc2)c1. The molecule has 0 spiro atoms. The molecule has 29 heavy (non-hydrogen) atoms. The topological polar surface area (TPSA) is 67.9 Å². The maximum absolute atomic E-state index is 12.8. The third-order valence-electron chi connectivity index (χ3n) is 5.76. The molecule has 1 unspecified atom stereocenters. The van der Waals surface area contributed by atoms with Crippen molar-refractivity contribution in [1.29, 1.82) is 0 Å². The number of nitrogens with zero attached hydrogens (tertiary/aromatic N) is 1. The maximum atomic E-state index is 12.8. The number of rotatable bonds is 7. The molecule has 5 rings (SSSR count). The van der Waals surface area contributed by atoms with Gasteiger partial charge in [0.05, 0.1) is 6.04 Å². The van der Waals surface area contributed by atoms with Crippen LogP contribution in [0.3, 0.4) is 0 Å². The summed E-state index contributed by atoms with van der Waals surface area (Å²) in [6.45, 7) is 3.02. The molecule has 2 atom stereocenters. The van der Waals surface area contributed by atoms with Gasteiger partial charge in [0.1, 0.15) is 18.5 Å². The van der Waals surface area contributed by atoms with Gasteiger partial charge in [-0.1, -0.05) is 42.5 Å². The van der Waals surface area contributed by atoms with E-state index in [-0.39, 0.29) is 18.8 Å². The molecule has 2 aromatic carbocycles. The molecule has 2 aromatic rings. The maximum Gasteiger partial charge on any atom is 0.408 e. The fourth-order valence-electron chi connectivity index (χ4n) is 4.25. The van der Waals surface area contributed by atoms with E-state index in [9.17, 15) is 9.59 Å². The van der Waals surface area contributed by atoms with Gasteiger partial charge in [-0.2, -0.15) is 0 Å². The van der Waals surface area contributed by atoms with Crippen molar-refractivity contribution >= 4 is 12.4 Å². The predicted molar refractivity (Wildman–Crippen MR) is 109 cm³/mol. The van der Waals surface area contributed by atoms with Crippen molar-refractivity contribution in [1.82, 2.24) is 10.2 Å². The zero-order valence-electron chi connectivity index (χ0n) is 16.3.